The van der Waals surface area contributed by atoms with E-state index in [1.807, 2.05) is 31.2 Å². The zero-order chi connectivity index (χ0) is 11.3. The fraction of sp³-hybridized carbons (Fsp3) is 0.333. The Labute approximate surface area is 95.1 Å². The van der Waals surface area contributed by atoms with Gasteiger partial charge in [-0.05, 0) is 24.1 Å². The van der Waals surface area contributed by atoms with Gasteiger partial charge in [0.05, 0.1) is 6.10 Å². The lowest BCUT2D eigenvalue weighted by molar-refractivity contribution is 0.173. The van der Waals surface area contributed by atoms with Gasteiger partial charge in [-0.25, -0.2) is 0 Å². The number of ether oxygens (including phenoxy) is 1. The molecular weight excluding hydrogens is 212 g/mol. The summed E-state index contributed by atoms with van der Waals surface area (Å²) in [5.74, 6) is 0.726. The van der Waals surface area contributed by atoms with E-state index in [4.69, 9.17) is 16.3 Å². The second kappa shape index (κ2) is 5.79. The summed E-state index contributed by atoms with van der Waals surface area (Å²) in [6.45, 7) is 5.77. The lowest BCUT2D eigenvalue weighted by atomic mass is 10.1. The smallest absolute Gasteiger partial charge is 0.123 e. The van der Waals surface area contributed by atoms with Crippen LogP contribution < -0.4 is 4.74 Å². The quantitative estimate of drug-likeness (QED) is 0.835. The molecule has 2 nitrogen and oxygen atoms in total. The maximum absolute atomic E-state index is 9.56. The van der Waals surface area contributed by atoms with E-state index in [0.29, 0.717) is 18.1 Å². The van der Waals surface area contributed by atoms with Gasteiger partial charge in [0, 0.05) is 5.03 Å². The van der Waals surface area contributed by atoms with Crippen molar-refractivity contribution in [3.63, 3.8) is 0 Å². The van der Waals surface area contributed by atoms with Crippen molar-refractivity contribution in [2.75, 3.05) is 6.61 Å². The van der Waals surface area contributed by atoms with Crippen LogP contribution in [0.1, 0.15) is 25.0 Å². The van der Waals surface area contributed by atoms with Crippen molar-refractivity contribution in [2.24, 2.45) is 0 Å². The summed E-state index contributed by atoms with van der Waals surface area (Å²) >= 11 is 5.57. The Kier molecular flexibility index (Phi) is 4.66. The summed E-state index contributed by atoms with van der Waals surface area (Å²) in [5, 5.41) is 10.0. The number of hydrogen-bond acceptors (Lipinski definition) is 2. The van der Waals surface area contributed by atoms with Crippen LogP contribution in [0.3, 0.4) is 0 Å². The second-order valence-electron chi connectivity index (χ2n) is 3.30. The van der Waals surface area contributed by atoms with Crippen LogP contribution in [0, 0.1) is 0 Å². The van der Waals surface area contributed by atoms with E-state index >= 15 is 0 Å². The average molecular weight is 227 g/mol. The highest BCUT2D eigenvalue weighted by molar-refractivity contribution is 6.29. The molecule has 0 heterocycles. The topological polar surface area (TPSA) is 29.5 Å². The molecule has 1 rings (SSSR count). The van der Waals surface area contributed by atoms with Crippen molar-refractivity contribution in [3.05, 3.63) is 41.4 Å². The van der Waals surface area contributed by atoms with E-state index in [2.05, 4.69) is 6.58 Å². The number of hydrogen-bond donors (Lipinski definition) is 1. The Morgan fingerprint density at radius 1 is 1.47 bits per heavy atom. The van der Waals surface area contributed by atoms with Crippen LogP contribution in [0.4, 0.5) is 0 Å². The highest BCUT2D eigenvalue weighted by atomic mass is 35.5. The van der Waals surface area contributed by atoms with Crippen LogP contribution in [0.25, 0.3) is 0 Å². The summed E-state index contributed by atoms with van der Waals surface area (Å²) in [6, 6.07) is 7.32. The SMILES string of the molecule is C=C(Cl)COc1ccc(C(O)CC)cc1. The van der Waals surface area contributed by atoms with Crippen LogP contribution >= 0.6 is 11.6 Å². The average Bonchev–Trinajstić information content (AvgIpc) is 2.26. The minimum Gasteiger partial charge on any atom is -0.488 e. The van der Waals surface area contributed by atoms with E-state index in [9.17, 15) is 5.11 Å². The standard InChI is InChI=1S/C12H15ClO2/c1-3-12(14)10-4-6-11(7-5-10)15-8-9(2)13/h4-7,12,14H,2-3,8H2,1H3. The van der Waals surface area contributed by atoms with E-state index in [1.54, 1.807) is 0 Å². The molecule has 0 spiro atoms. The van der Waals surface area contributed by atoms with E-state index in [-0.39, 0.29) is 0 Å². The number of rotatable bonds is 5. The fourth-order valence-corrected chi connectivity index (χ4v) is 1.24. The van der Waals surface area contributed by atoms with Gasteiger partial charge in [-0.15, -0.1) is 0 Å². The van der Waals surface area contributed by atoms with Gasteiger partial charge >= 0.3 is 0 Å². The molecule has 0 radical (unpaired) electrons. The van der Waals surface area contributed by atoms with Crippen molar-refractivity contribution in [3.8, 4) is 5.75 Å². The van der Waals surface area contributed by atoms with Gasteiger partial charge in [0.1, 0.15) is 12.4 Å². The third kappa shape index (κ3) is 3.94. The van der Waals surface area contributed by atoms with Gasteiger partial charge in [-0.1, -0.05) is 37.2 Å². The van der Waals surface area contributed by atoms with Crippen molar-refractivity contribution in [1.82, 2.24) is 0 Å². The molecule has 1 aromatic rings. The molecule has 3 heteroatoms. The molecule has 15 heavy (non-hydrogen) atoms. The summed E-state index contributed by atoms with van der Waals surface area (Å²) in [6.07, 6.45) is 0.306. The van der Waals surface area contributed by atoms with Crippen molar-refractivity contribution in [1.29, 1.82) is 0 Å². The highest BCUT2D eigenvalue weighted by Crippen LogP contribution is 2.20. The minimum absolute atomic E-state index is 0.303. The lowest BCUT2D eigenvalue weighted by Crippen LogP contribution is -1.98. The maximum atomic E-state index is 9.56. The third-order valence-corrected chi connectivity index (χ3v) is 2.16. The number of aliphatic hydroxyl groups is 1. The Balaban J connectivity index is 2.60. The Hall–Kier alpha value is -0.990. The molecule has 1 aromatic carbocycles. The van der Waals surface area contributed by atoms with Gasteiger partial charge in [-0.3, -0.25) is 0 Å². The molecule has 0 fully saturated rings. The maximum Gasteiger partial charge on any atom is 0.123 e. The summed E-state index contributed by atoms with van der Waals surface area (Å²) in [5.41, 5.74) is 0.898. The van der Waals surface area contributed by atoms with E-state index < -0.39 is 6.10 Å². The van der Waals surface area contributed by atoms with Crippen molar-refractivity contribution >= 4 is 11.6 Å². The van der Waals surface area contributed by atoms with Crippen LogP contribution in [0.15, 0.2) is 35.9 Å². The van der Waals surface area contributed by atoms with Gasteiger partial charge in [0.2, 0.25) is 0 Å². The molecule has 0 bridgehead atoms. The Bertz CT molecular complexity index is 319. The van der Waals surface area contributed by atoms with Crippen molar-refractivity contribution in [2.45, 2.75) is 19.4 Å². The predicted octanol–water partition coefficient (Wildman–Crippen LogP) is 3.26. The third-order valence-electron chi connectivity index (χ3n) is 2.05. The van der Waals surface area contributed by atoms with Gasteiger partial charge in [0.25, 0.3) is 0 Å². The van der Waals surface area contributed by atoms with Crippen LogP contribution in [0.5, 0.6) is 5.75 Å². The normalized spacial score (nSPS) is 12.2. The van der Waals surface area contributed by atoms with Gasteiger partial charge in [-0.2, -0.15) is 0 Å². The number of aliphatic hydroxyl groups excluding tert-OH is 1. The minimum atomic E-state index is -0.401. The van der Waals surface area contributed by atoms with Crippen LogP contribution in [-0.4, -0.2) is 11.7 Å². The second-order valence-corrected chi connectivity index (χ2v) is 3.83. The molecule has 82 valence electrons. The Morgan fingerprint density at radius 2 is 2.07 bits per heavy atom. The monoisotopic (exact) mass is 226 g/mol. The lowest BCUT2D eigenvalue weighted by Gasteiger charge is -2.09. The van der Waals surface area contributed by atoms with E-state index in [0.717, 1.165) is 11.3 Å². The van der Waals surface area contributed by atoms with Gasteiger partial charge in [0.15, 0.2) is 0 Å². The largest absolute Gasteiger partial charge is 0.488 e. The fourth-order valence-electron chi connectivity index (χ4n) is 1.18. The summed E-state index contributed by atoms with van der Waals surface area (Å²) in [7, 11) is 0. The molecule has 0 aliphatic rings. The highest BCUT2D eigenvalue weighted by Gasteiger charge is 2.04. The zero-order valence-corrected chi connectivity index (χ0v) is 9.50. The summed E-state index contributed by atoms with van der Waals surface area (Å²) < 4.78 is 5.32. The molecular formula is C12H15ClO2. The van der Waals surface area contributed by atoms with Crippen LogP contribution in [0.2, 0.25) is 0 Å². The molecule has 0 amide bonds. The first kappa shape index (κ1) is 12.1. The summed E-state index contributed by atoms with van der Waals surface area (Å²) in [4.78, 5) is 0. The predicted molar refractivity (Wildman–Crippen MR) is 62.2 cm³/mol. The first-order chi connectivity index (χ1) is 7.13. The first-order valence-corrected chi connectivity index (χ1v) is 5.25. The molecule has 1 N–H and O–H groups in total. The first-order valence-electron chi connectivity index (χ1n) is 4.87. The van der Waals surface area contributed by atoms with Gasteiger partial charge < -0.3 is 9.84 Å². The molecule has 0 saturated heterocycles. The molecule has 0 aliphatic heterocycles. The molecule has 0 aromatic heterocycles. The van der Waals surface area contributed by atoms with Crippen LogP contribution in [-0.2, 0) is 0 Å². The Morgan fingerprint density at radius 3 is 2.53 bits per heavy atom. The molecule has 0 saturated carbocycles. The number of benzene rings is 1. The zero-order valence-electron chi connectivity index (χ0n) is 8.74. The number of halogens is 1. The van der Waals surface area contributed by atoms with E-state index in [1.165, 1.54) is 0 Å². The molecule has 1 atom stereocenters. The molecule has 1 unspecified atom stereocenters. The van der Waals surface area contributed by atoms with Crippen molar-refractivity contribution < 1.29 is 9.84 Å². The molecule has 0 aliphatic carbocycles.